The molecule has 2 atom stereocenters. The Kier molecular flexibility index (Phi) is 8.76. The molecule has 0 radical (unpaired) electrons. The van der Waals surface area contributed by atoms with Gasteiger partial charge in [-0.25, -0.2) is 4.79 Å². The molecule has 1 aliphatic rings. The van der Waals surface area contributed by atoms with E-state index >= 15 is 0 Å². The zero-order valence-electron chi connectivity index (χ0n) is 21.7. The number of phenols is 2. The van der Waals surface area contributed by atoms with E-state index in [1.165, 1.54) is 33.5 Å². The van der Waals surface area contributed by atoms with Gasteiger partial charge in [0.15, 0.2) is 34.5 Å². The standard InChI is InChI=1S/C30H32O8/c1-34-27-14-19(4-8-24(27)31)7-11-30(33)38-26-10-6-21(16-29(26)36-3)13-23-18-37-17-22(23)12-20-5-9-25(32)28(15-20)35-2/h4-11,14-16,22-23,31-32H,12-13,17-18H2,1-3H3/b11-7+. The molecule has 2 unspecified atom stereocenters. The summed E-state index contributed by atoms with van der Waals surface area (Å²) in [6.45, 7) is 1.33. The maximum absolute atomic E-state index is 12.4. The van der Waals surface area contributed by atoms with Crippen molar-refractivity contribution >= 4 is 12.0 Å². The van der Waals surface area contributed by atoms with Crippen LogP contribution in [0.25, 0.3) is 6.08 Å². The summed E-state index contributed by atoms with van der Waals surface area (Å²) in [7, 11) is 4.53. The highest BCUT2D eigenvalue weighted by Crippen LogP contribution is 2.34. The van der Waals surface area contributed by atoms with Crippen molar-refractivity contribution in [2.24, 2.45) is 11.8 Å². The Balaban J connectivity index is 1.40. The molecule has 3 aromatic rings. The zero-order chi connectivity index (χ0) is 27.1. The zero-order valence-corrected chi connectivity index (χ0v) is 21.7. The Bertz CT molecular complexity index is 1300. The normalized spacial score (nSPS) is 16.9. The van der Waals surface area contributed by atoms with Crippen LogP contribution in [0.2, 0.25) is 0 Å². The van der Waals surface area contributed by atoms with E-state index in [-0.39, 0.29) is 11.5 Å². The second-order valence-electron chi connectivity index (χ2n) is 9.14. The summed E-state index contributed by atoms with van der Waals surface area (Å²) in [5.74, 6) is 1.78. The fourth-order valence-electron chi connectivity index (χ4n) is 4.58. The molecule has 0 aliphatic carbocycles. The number of ether oxygens (including phenoxy) is 5. The fraction of sp³-hybridized carbons (Fsp3) is 0.300. The van der Waals surface area contributed by atoms with Crippen LogP contribution in [0.1, 0.15) is 16.7 Å². The first kappa shape index (κ1) is 26.9. The molecule has 0 saturated carbocycles. The molecule has 2 N–H and O–H groups in total. The van der Waals surface area contributed by atoms with Gasteiger partial charge in [-0.05, 0) is 83.8 Å². The van der Waals surface area contributed by atoms with Crippen molar-refractivity contribution in [2.45, 2.75) is 12.8 Å². The summed E-state index contributed by atoms with van der Waals surface area (Å²) in [6.07, 6.45) is 4.48. The van der Waals surface area contributed by atoms with Gasteiger partial charge in [0.25, 0.3) is 0 Å². The Hall–Kier alpha value is -4.17. The number of rotatable bonds is 10. The third-order valence-corrected chi connectivity index (χ3v) is 6.62. The molecule has 3 aromatic carbocycles. The summed E-state index contributed by atoms with van der Waals surface area (Å²) in [5, 5.41) is 19.6. The van der Waals surface area contributed by atoms with Crippen molar-refractivity contribution in [3.63, 3.8) is 0 Å². The van der Waals surface area contributed by atoms with E-state index in [0.717, 1.165) is 24.0 Å². The molecule has 1 saturated heterocycles. The SMILES string of the molecule is COc1cc(/C=C/C(=O)Oc2ccc(CC3COCC3Cc3ccc(O)c(OC)c3)cc2OC)ccc1O. The lowest BCUT2D eigenvalue weighted by atomic mass is 9.85. The van der Waals surface area contributed by atoms with Crippen LogP contribution in [0.15, 0.2) is 60.7 Å². The molecule has 38 heavy (non-hydrogen) atoms. The number of carbonyl (C=O) groups excluding carboxylic acids is 1. The van der Waals surface area contributed by atoms with Gasteiger partial charge in [-0.1, -0.05) is 18.2 Å². The number of hydrogen-bond donors (Lipinski definition) is 2. The maximum atomic E-state index is 12.4. The average Bonchev–Trinajstić information content (AvgIpc) is 3.36. The minimum atomic E-state index is -0.559. The molecule has 0 amide bonds. The lowest BCUT2D eigenvalue weighted by molar-refractivity contribution is -0.129. The first-order valence-corrected chi connectivity index (χ1v) is 12.3. The lowest BCUT2D eigenvalue weighted by Crippen LogP contribution is -2.17. The molecule has 0 spiro atoms. The van der Waals surface area contributed by atoms with E-state index in [9.17, 15) is 15.0 Å². The monoisotopic (exact) mass is 520 g/mol. The molecular weight excluding hydrogens is 488 g/mol. The van der Waals surface area contributed by atoms with E-state index in [1.807, 2.05) is 24.3 Å². The average molecular weight is 521 g/mol. The number of aromatic hydroxyl groups is 2. The summed E-state index contributed by atoms with van der Waals surface area (Å²) in [5.41, 5.74) is 2.81. The second kappa shape index (κ2) is 12.4. The van der Waals surface area contributed by atoms with E-state index in [2.05, 4.69) is 0 Å². The van der Waals surface area contributed by atoms with Crippen LogP contribution in [0.5, 0.6) is 34.5 Å². The van der Waals surface area contributed by atoms with Gasteiger partial charge in [0.05, 0.1) is 34.5 Å². The topological polar surface area (TPSA) is 104 Å². The van der Waals surface area contributed by atoms with E-state index in [4.69, 9.17) is 23.7 Å². The van der Waals surface area contributed by atoms with Crippen molar-refractivity contribution < 1.29 is 38.7 Å². The minimum Gasteiger partial charge on any atom is -0.504 e. The Labute approximate surface area is 222 Å². The Morgan fingerprint density at radius 3 is 1.97 bits per heavy atom. The molecule has 1 fully saturated rings. The largest absolute Gasteiger partial charge is 0.504 e. The first-order valence-electron chi connectivity index (χ1n) is 12.3. The first-order chi connectivity index (χ1) is 18.4. The van der Waals surface area contributed by atoms with E-state index in [1.54, 1.807) is 30.3 Å². The van der Waals surface area contributed by atoms with Crippen molar-refractivity contribution in [3.05, 3.63) is 77.4 Å². The number of phenolic OH excluding ortho intramolecular Hbond substituents is 2. The highest BCUT2D eigenvalue weighted by Gasteiger charge is 2.29. The summed E-state index contributed by atoms with van der Waals surface area (Å²) >= 11 is 0. The van der Waals surface area contributed by atoms with Gasteiger partial charge in [-0.2, -0.15) is 0 Å². The van der Waals surface area contributed by atoms with Crippen LogP contribution in [0.4, 0.5) is 0 Å². The molecule has 8 heteroatoms. The minimum absolute atomic E-state index is 0.0214. The van der Waals surface area contributed by atoms with Crippen molar-refractivity contribution in [1.82, 2.24) is 0 Å². The lowest BCUT2D eigenvalue weighted by Gasteiger charge is -2.19. The molecule has 0 bridgehead atoms. The van der Waals surface area contributed by atoms with E-state index in [0.29, 0.717) is 53.6 Å². The molecule has 1 aliphatic heterocycles. The quantitative estimate of drug-likeness (QED) is 0.223. The number of benzene rings is 3. The van der Waals surface area contributed by atoms with Crippen LogP contribution in [0, 0.1) is 11.8 Å². The number of hydrogen-bond acceptors (Lipinski definition) is 8. The Morgan fingerprint density at radius 2 is 1.34 bits per heavy atom. The van der Waals surface area contributed by atoms with Gasteiger partial charge in [0.1, 0.15) is 0 Å². The van der Waals surface area contributed by atoms with Crippen LogP contribution >= 0.6 is 0 Å². The van der Waals surface area contributed by atoms with Gasteiger partial charge in [0, 0.05) is 6.08 Å². The molecule has 0 aromatic heterocycles. The highest BCUT2D eigenvalue weighted by atomic mass is 16.6. The van der Waals surface area contributed by atoms with Gasteiger partial charge in [-0.3, -0.25) is 0 Å². The number of methoxy groups -OCH3 is 3. The van der Waals surface area contributed by atoms with Crippen LogP contribution in [-0.4, -0.2) is 50.7 Å². The fourth-order valence-corrected chi connectivity index (χ4v) is 4.58. The smallest absolute Gasteiger partial charge is 0.336 e. The van der Waals surface area contributed by atoms with Gasteiger partial charge < -0.3 is 33.9 Å². The van der Waals surface area contributed by atoms with Crippen molar-refractivity contribution in [2.75, 3.05) is 34.5 Å². The van der Waals surface area contributed by atoms with Gasteiger partial charge in [-0.15, -0.1) is 0 Å². The van der Waals surface area contributed by atoms with Crippen LogP contribution in [0.3, 0.4) is 0 Å². The number of carbonyl (C=O) groups is 1. The molecule has 8 nitrogen and oxygen atoms in total. The third-order valence-electron chi connectivity index (χ3n) is 6.62. The molecule has 200 valence electrons. The third kappa shape index (κ3) is 6.58. The highest BCUT2D eigenvalue weighted by molar-refractivity contribution is 5.89. The van der Waals surface area contributed by atoms with Gasteiger partial charge in [0.2, 0.25) is 0 Å². The summed E-state index contributed by atoms with van der Waals surface area (Å²) in [4.78, 5) is 12.4. The molecule has 1 heterocycles. The van der Waals surface area contributed by atoms with Crippen molar-refractivity contribution in [1.29, 1.82) is 0 Å². The summed E-state index contributed by atoms with van der Waals surface area (Å²) in [6, 6.07) is 15.7. The van der Waals surface area contributed by atoms with Crippen LogP contribution in [-0.2, 0) is 22.4 Å². The molecule has 4 rings (SSSR count). The Morgan fingerprint density at radius 1 is 0.789 bits per heavy atom. The predicted molar refractivity (Wildman–Crippen MR) is 142 cm³/mol. The van der Waals surface area contributed by atoms with Crippen LogP contribution < -0.4 is 18.9 Å². The second-order valence-corrected chi connectivity index (χ2v) is 9.14. The van der Waals surface area contributed by atoms with Crippen molar-refractivity contribution in [3.8, 4) is 34.5 Å². The van der Waals surface area contributed by atoms with E-state index < -0.39 is 5.97 Å². The molecular formula is C30H32O8. The van der Waals surface area contributed by atoms with Gasteiger partial charge >= 0.3 is 5.97 Å². The summed E-state index contributed by atoms with van der Waals surface area (Å²) < 4.78 is 27.1. The predicted octanol–water partition coefficient (Wildman–Crippen LogP) is 4.79. The number of esters is 1. The maximum Gasteiger partial charge on any atom is 0.336 e.